The number of nitriles is 2. The molecular formula is C12H7ClN2O2. The number of rotatable bonds is 3. The molecule has 5 heteroatoms. The van der Waals surface area contributed by atoms with Gasteiger partial charge in [-0.25, -0.2) is 4.79 Å². The normalized spacial score (nSPS) is 10.2. The number of esters is 1. The predicted octanol–water partition coefficient (Wildman–Crippen LogP) is 2.82. The first-order chi connectivity index (χ1) is 8.17. The molecule has 0 heterocycles. The summed E-state index contributed by atoms with van der Waals surface area (Å²) in [6.07, 6.45) is 0.893. The molecule has 0 amide bonds. The monoisotopic (exact) mass is 246 g/mol. The largest absolute Gasteiger partial charge is 0.430 e. The van der Waals surface area contributed by atoms with Gasteiger partial charge in [-0.2, -0.15) is 10.5 Å². The number of hydrogen-bond acceptors (Lipinski definition) is 4. The molecule has 0 bridgehead atoms. The molecule has 0 spiro atoms. The van der Waals surface area contributed by atoms with Crippen LogP contribution in [0.15, 0.2) is 36.1 Å². The van der Waals surface area contributed by atoms with E-state index in [1.54, 1.807) is 24.3 Å². The van der Waals surface area contributed by atoms with Crippen molar-refractivity contribution in [3.05, 3.63) is 46.7 Å². The summed E-state index contributed by atoms with van der Waals surface area (Å²) in [5, 5.41) is 17.5. The molecule has 0 radical (unpaired) electrons. The van der Waals surface area contributed by atoms with Crippen molar-refractivity contribution in [1.29, 1.82) is 10.5 Å². The molecule has 0 aliphatic carbocycles. The molecule has 0 atom stereocenters. The van der Waals surface area contributed by atoms with Crippen LogP contribution in [0.2, 0.25) is 5.02 Å². The van der Waals surface area contributed by atoms with Crippen LogP contribution in [0.1, 0.15) is 16.8 Å². The number of carbonyl (C=O) groups excluding carboxylic acids is 1. The number of hydrogen-bond donors (Lipinski definition) is 0. The summed E-state index contributed by atoms with van der Waals surface area (Å²) in [6, 6.07) is 9.68. The van der Waals surface area contributed by atoms with E-state index >= 15 is 0 Å². The van der Waals surface area contributed by atoms with Crippen molar-refractivity contribution in [2.24, 2.45) is 0 Å². The average Bonchev–Trinajstić information content (AvgIpc) is 2.35. The summed E-state index contributed by atoms with van der Waals surface area (Å²) in [6.45, 7) is 0. The van der Waals surface area contributed by atoms with Crippen molar-refractivity contribution >= 4 is 17.6 Å². The molecule has 1 aromatic rings. The van der Waals surface area contributed by atoms with Crippen LogP contribution in [0.3, 0.4) is 0 Å². The van der Waals surface area contributed by atoms with Gasteiger partial charge in [-0.05, 0) is 24.3 Å². The smallest absolute Gasteiger partial charge is 0.342 e. The Bertz CT molecular complexity index is 521. The second-order valence-corrected chi connectivity index (χ2v) is 3.44. The first-order valence-corrected chi connectivity index (χ1v) is 4.98. The number of carbonyl (C=O) groups is 1. The van der Waals surface area contributed by atoms with Gasteiger partial charge in [0.05, 0.1) is 29.7 Å². The fourth-order valence-corrected chi connectivity index (χ4v) is 1.10. The SMILES string of the molecule is N#CC/C(C#N)=C/OC(=O)c1ccc(Cl)cc1. The van der Waals surface area contributed by atoms with Gasteiger partial charge in [-0.3, -0.25) is 0 Å². The van der Waals surface area contributed by atoms with E-state index in [1.807, 2.05) is 0 Å². The number of ether oxygens (including phenoxy) is 1. The number of benzene rings is 1. The minimum Gasteiger partial charge on any atom is -0.430 e. The van der Waals surface area contributed by atoms with Crippen LogP contribution in [-0.4, -0.2) is 5.97 Å². The van der Waals surface area contributed by atoms with Gasteiger partial charge in [-0.15, -0.1) is 0 Å². The minimum absolute atomic E-state index is 0.0924. The zero-order valence-corrected chi connectivity index (χ0v) is 9.44. The molecule has 0 aliphatic heterocycles. The maximum Gasteiger partial charge on any atom is 0.342 e. The molecule has 1 aromatic carbocycles. The summed E-state index contributed by atoms with van der Waals surface area (Å²) in [5.41, 5.74) is 0.412. The zero-order valence-electron chi connectivity index (χ0n) is 8.68. The van der Waals surface area contributed by atoms with Crippen LogP contribution >= 0.6 is 11.6 Å². The van der Waals surface area contributed by atoms with Crippen molar-refractivity contribution in [3.63, 3.8) is 0 Å². The van der Waals surface area contributed by atoms with E-state index in [2.05, 4.69) is 0 Å². The molecule has 0 N–H and O–H groups in total. The maximum absolute atomic E-state index is 11.5. The molecule has 1 rings (SSSR count). The summed E-state index contributed by atoms with van der Waals surface area (Å²) in [7, 11) is 0. The molecule has 0 unspecified atom stereocenters. The third-order valence-electron chi connectivity index (χ3n) is 1.80. The minimum atomic E-state index is -0.604. The standard InChI is InChI=1S/C12H7ClN2O2/c13-11-3-1-10(2-4-11)12(16)17-8-9(7-15)5-6-14/h1-4,8H,5H2/b9-8-. The molecule has 17 heavy (non-hydrogen) atoms. The van der Waals surface area contributed by atoms with Crippen molar-refractivity contribution in [1.82, 2.24) is 0 Å². The quantitative estimate of drug-likeness (QED) is 0.467. The molecule has 0 saturated heterocycles. The van der Waals surface area contributed by atoms with Crippen LogP contribution in [0.25, 0.3) is 0 Å². The lowest BCUT2D eigenvalue weighted by Gasteiger charge is -1.99. The lowest BCUT2D eigenvalue weighted by atomic mass is 10.2. The highest BCUT2D eigenvalue weighted by molar-refractivity contribution is 6.30. The van der Waals surface area contributed by atoms with Crippen LogP contribution in [0.4, 0.5) is 0 Å². The Hall–Kier alpha value is -2.30. The Kier molecular flexibility index (Phi) is 4.75. The Morgan fingerprint density at radius 1 is 1.35 bits per heavy atom. The van der Waals surface area contributed by atoms with E-state index in [-0.39, 0.29) is 12.0 Å². The highest BCUT2D eigenvalue weighted by atomic mass is 35.5. The molecule has 0 saturated carbocycles. The summed E-state index contributed by atoms with van der Waals surface area (Å²) >= 11 is 5.66. The van der Waals surface area contributed by atoms with Crippen LogP contribution < -0.4 is 0 Å². The molecule has 0 aliphatic rings. The number of halogens is 1. The summed E-state index contributed by atoms with van der Waals surface area (Å²) in [5.74, 6) is -0.604. The first kappa shape index (κ1) is 12.8. The number of allylic oxidation sites excluding steroid dienone is 1. The first-order valence-electron chi connectivity index (χ1n) is 4.60. The lowest BCUT2D eigenvalue weighted by molar-refractivity contribution is 0.0661. The van der Waals surface area contributed by atoms with E-state index in [0.717, 1.165) is 6.26 Å². The third kappa shape index (κ3) is 3.98. The van der Waals surface area contributed by atoms with Crippen LogP contribution in [0.5, 0.6) is 0 Å². The van der Waals surface area contributed by atoms with Gasteiger partial charge in [-0.1, -0.05) is 11.6 Å². The second-order valence-electron chi connectivity index (χ2n) is 3.00. The van der Waals surface area contributed by atoms with Gasteiger partial charge in [0.15, 0.2) is 0 Å². The molecular weight excluding hydrogens is 240 g/mol. The third-order valence-corrected chi connectivity index (χ3v) is 2.05. The van der Waals surface area contributed by atoms with Gasteiger partial charge in [0, 0.05) is 5.02 Å². The Balaban J connectivity index is 2.71. The van der Waals surface area contributed by atoms with E-state index in [9.17, 15) is 4.79 Å². The van der Waals surface area contributed by atoms with Crippen molar-refractivity contribution < 1.29 is 9.53 Å². The maximum atomic E-state index is 11.5. The second kappa shape index (κ2) is 6.32. The van der Waals surface area contributed by atoms with E-state index in [4.69, 9.17) is 26.9 Å². The lowest BCUT2D eigenvalue weighted by Crippen LogP contribution is -2.00. The predicted molar refractivity (Wildman–Crippen MR) is 60.8 cm³/mol. The fourth-order valence-electron chi connectivity index (χ4n) is 0.971. The molecule has 4 nitrogen and oxygen atoms in total. The highest BCUT2D eigenvalue weighted by Gasteiger charge is 2.06. The molecule has 0 aromatic heterocycles. The molecule has 84 valence electrons. The Labute approximate surface area is 103 Å². The van der Waals surface area contributed by atoms with Gasteiger partial charge < -0.3 is 4.74 Å². The zero-order chi connectivity index (χ0) is 12.7. The fraction of sp³-hybridized carbons (Fsp3) is 0.0833. The molecule has 0 fully saturated rings. The Morgan fingerprint density at radius 3 is 2.53 bits per heavy atom. The van der Waals surface area contributed by atoms with E-state index in [0.29, 0.717) is 10.6 Å². The Morgan fingerprint density at radius 2 is 2.00 bits per heavy atom. The van der Waals surface area contributed by atoms with E-state index < -0.39 is 5.97 Å². The van der Waals surface area contributed by atoms with Crippen molar-refractivity contribution in [2.45, 2.75) is 6.42 Å². The topological polar surface area (TPSA) is 73.9 Å². The average molecular weight is 247 g/mol. The van der Waals surface area contributed by atoms with Crippen LogP contribution in [-0.2, 0) is 4.74 Å². The van der Waals surface area contributed by atoms with Gasteiger partial charge >= 0.3 is 5.97 Å². The van der Waals surface area contributed by atoms with Gasteiger partial charge in [0.25, 0.3) is 0 Å². The van der Waals surface area contributed by atoms with Crippen molar-refractivity contribution in [3.8, 4) is 12.1 Å². The number of nitrogens with zero attached hydrogens (tertiary/aromatic N) is 2. The summed E-state index contributed by atoms with van der Waals surface area (Å²) < 4.78 is 4.76. The van der Waals surface area contributed by atoms with Gasteiger partial charge in [0.2, 0.25) is 0 Å². The van der Waals surface area contributed by atoms with Crippen molar-refractivity contribution in [2.75, 3.05) is 0 Å². The van der Waals surface area contributed by atoms with Gasteiger partial charge in [0.1, 0.15) is 6.26 Å². The highest BCUT2D eigenvalue weighted by Crippen LogP contribution is 2.11. The summed E-state index contributed by atoms with van der Waals surface area (Å²) in [4.78, 5) is 11.5. The van der Waals surface area contributed by atoms with Crippen LogP contribution in [0, 0.1) is 22.7 Å². The van der Waals surface area contributed by atoms with E-state index in [1.165, 1.54) is 12.1 Å².